The third-order valence-corrected chi connectivity index (χ3v) is 6.38. The number of fused-ring (bicyclic) bond motifs is 3. The third kappa shape index (κ3) is 2.85. The Kier molecular flexibility index (Phi) is 3.85. The predicted molar refractivity (Wildman–Crippen MR) is 102 cm³/mol. The number of nitrogens with zero attached hydrogens (tertiary/aromatic N) is 3. The molecule has 1 aromatic heterocycles. The SMILES string of the molecule is Cc1ccccc1CC(=O)N1C[C@@H]2[C@H](C1)n1cccc1C(=O)N2CC1CC1. The Morgan fingerprint density at radius 3 is 2.63 bits per heavy atom. The van der Waals surface area contributed by atoms with Crippen molar-refractivity contribution < 1.29 is 9.59 Å². The molecule has 1 saturated carbocycles. The lowest BCUT2D eigenvalue weighted by Crippen LogP contribution is -2.51. The van der Waals surface area contributed by atoms with Gasteiger partial charge in [0.15, 0.2) is 0 Å². The van der Waals surface area contributed by atoms with E-state index in [1.807, 2.05) is 41.4 Å². The first-order valence-electron chi connectivity index (χ1n) is 9.92. The first-order chi connectivity index (χ1) is 13.1. The lowest BCUT2D eigenvalue weighted by Gasteiger charge is -2.38. The van der Waals surface area contributed by atoms with Crippen molar-refractivity contribution in [2.45, 2.75) is 38.3 Å². The maximum absolute atomic E-state index is 13.0. The number of carbonyl (C=O) groups excluding carboxylic acids is 2. The lowest BCUT2D eigenvalue weighted by molar-refractivity contribution is -0.129. The molecular weight excluding hydrogens is 338 g/mol. The van der Waals surface area contributed by atoms with Gasteiger partial charge in [-0.2, -0.15) is 0 Å². The molecule has 0 spiro atoms. The zero-order valence-electron chi connectivity index (χ0n) is 15.7. The summed E-state index contributed by atoms with van der Waals surface area (Å²) in [6.45, 7) is 4.22. The van der Waals surface area contributed by atoms with Gasteiger partial charge in [-0.15, -0.1) is 0 Å². The van der Waals surface area contributed by atoms with Gasteiger partial charge in [-0.25, -0.2) is 0 Å². The summed E-state index contributed by atoms with van der Waals surface area (Å²) in [6, 6.07) is 12.2. The van der Waals surface area contributed by atoms with Crippen molar-refractivity contribution in [1.29, 1.82) is 0 Å². The summed E-state index contributed by atoms with van der Waals surface area (Å²) in [6.07, 6.45) is 4.87. The van der Waals surface area contributed by atoms with E-state index in [0.717, 1.165) is 23.4 Å². The molecule has 0 bridgehead atoms. The summed E-state index contributed by atoms with van der Waals surface area (Å²) in [5.74, 6) is 0.931. The van der Waals surface area contributed by atoms with Crippen LogP contribution in [-0.2, 0) is 11.2 Å². The van der Waals surface area contributed by atoms with Crippen molar-refractivity contribution in [3.63, 3.8) is 0 Å². The minimum absolute atomic E-state index is 0.0961. The van der Waals surface area contributed by atoms with E-state index in [1.54, 1.807) is 0 Å². The summed E-state index contributed by atoms with van der Waals surface area (Å²) in [5.41, 5.74) is 3.01. The Bertz CT molecular complexity index is 898. The molecule has 0 unspecified atom stereocenters. The average molecular weight is 363 g/mol. The molecule has 5 nitrogen and oxygen atoms in total. The molecule has 5 rings (SSSR count). The second-order valence-corrected chi connectivity index (χ2v) is 8.24. The van der Waals surface area contributed by atoms with Crippen molar-refractivity contribution in [2.24, 2.45) is 5.92 Å². The second-order valence-electron chi connectivity index (χ2n) is 8.24. The summed E-state index contributed by atoms with van der Waals surface area (Å²) in [4.78, 5) is 30.0. The normalized spacial score (nSPS) is 24.1. The van der Waals surface area contributed by atoms with Crippen LogP contribution >= 0.6 is 0 Å². The Balaban J connectivity index is 1.39. The average Bonchev–Trinajstić information content (AvgIpc) is 3.16. The van der Waals surface area contributed by atoms with Crippen LogP contribution in [0, 0.1) is 12.8 Å². The monoisotopic (exact) mass is 363 g/mol. The molecule has 140 valence electrons. The van der Waals surface area contributed by atoms with Gasteiger partial charge in [0, 0.05) is 25.8 Å². The van der Waals surface area contributed by atoms with Gasteiger partial charge >= 0.3 is 0 Å². The van der Waals surface area contributed by atoms with Crippen LogP contribution in [0.4, 0.5) is 0 Å². The van der Waals surface area contributed by atoms with E-state index in [2.05, 4.69) is 22.5 Å². The van der Waals surface area contributed by atoms with Gasteiger partial charge in [0.05, 0.1) is 18.5 Å². The van der Waals surface area contributed by atoms with Gasteiger partial charge in [0.2, 0.25) is 5.91 Å². The molecular formula is C22H25N3O2. The molecule has 2 aliphatic heterocycles. The number of hydrogen-bond acceptors (Lipinski definition) is 2. The van der Waals surface area contributed by atoms with Crippen molar-refractivity contribution in [2.75, 3.05) is 19.6 Å². The summed E-state index contributed by atoms with van der Waals surface area (Å²) in [7, 11) is 0. The highest BCUT2D eigenvalue weighted by molar-refractivity contribution is 5.94. The fourth-order valence-electron chi connectivity index (χ4n) is 4.59. The predicted octanol–water partition coefficient (Wildman–Crippen LogP) is 2.66. The van der Waals surface area contributed by atoms with Crippen molar-refractivity contribution in [1.82, 2.24) is 14.4 Å². The smallest absolute Gasteiger partial charge is 0.270 e. The zero-order chi connectivity index (χ0) is 18.5. The molecule has 0 radical (unpaired) electrons. The van der Waals surface area contributed by atoms with E-state index in [1.165, 1.54) is 12.8 Å². The van der Waals surface area contributed by atoms with Crippen LogP contribution in [0.1, 0.15) is 40.5 Å². The van der Waals surface area contributed by atoms with Crippen molar-refractivity contribution in [3.05, 3.63) is 59.4 Å². The molecule has 1 aliphatic carbocycles. The van der Waals surface area contributed by atoms with Gasteiger partial charge in [0.1, 0.15) is 5.69 Å². The Morgan fingerprint density at radius 2 is 1.85 bits per heavy atom. The highest BCUT2D eigenvalue weighted by Crippen LogP contribution is 2.38. The van der Waals surface area contributed by atoms with Crippen molar-refractivity contribution in [3.8, 4) is 0 Å². The number of rotatable bonds is 4. The van der Waals surface area contributed by atoms with E-state index in [-0.39, 0.29) is 23.9 Å². The van der Waals surface area contributed by atoms with Crippen LogP contribution in [0.3, 0.4) is 0 Å². The molecule has 2 fully saturated rings. The molecule has 5 heteroatoms. The number of aryl methyl sites for hydroxylation is 1. The largest absolute Gasteiger partial charge is 0.338 e. The minimum atomic E-state index is 0.0961. The first-order valence-corrected chi connectivity index (χ1v) is 9.92. The fraction of sp³-hybridized carbons (Fsp3) is 0.455. The molecule has 3 heterocycles. The molecule has 2 aromatic rings. The van der Waals surface area contributed by atoms with Crippen LogP contribution in [-0.4, -0.2) is 51.9 Å². The molecule has 1 saturated heterocycles. The minimum Gasteiger partial charge on any atom is -0.338 e. The number of hydrogen-bond donors (Lipinski definition) is 0. The maximum Gasteiger partial charge on any atom is 0.270 e. The van der Waals surface area contributed by atoms with Crippen LogP contribution in [0.2, 0.25) is 0 Å². The molecule has 2 amide bonds. The van der Waals surface area contributed by atoms with E-state index < -0.39 is 0 Å². The van der Waals surface area contributed by atoms with E-state index >= 15 is 0 Å². The summed E-state index contributed by atoms with van der Waals surface area (Å²) in [5, 5.41) is 0. The van der Waals surface area contributed by atoms with Gasteiger partial charge in [-0.1, -0.05) is 24.3 Å². The number of carbonyl (C=O) groups is 2. The molecule has 0 N–H and O–H groups in total. The summed E-state index contributed by atoms with van der Waals surface area (Å²) >= 11 is 0. The number of aromatic nitrogens is 1. The van der Waals surface area contributed by atoms with Crippen molar-refractivity contribution >= 4 is 11.8 Å². The third-order valence-electron chi connectivity index (χ3n) is 6.38. The Hall–Kier alpha value is -2.56. The highest BCUT2D eigenvalue weighted by atomic mass is 16.2. The Labute approximate surface area is 159 Å². The quantitative estimate of drug-likeness (QED) is 0.838. The van der Waals surface area contributed by atoms with Crippen LogP contribution in [0.5, 0.6) is 0 Å². The lowest BCUT2D eigenvalue weighted by atomic mass is 10.1. The van der Waals surface area contributed by atoms with Crippen LogP contribution < -0.4 is 0 Å². The Morgan fingerprint density at radius 1 is 1.07 bits per heavy atom. The first kappa shape index (κ1) is 16.6. The van der Waals surface area contributed by atoms with E-state index in [9.17, 15) is 9.59 Å². The van der Waals surface area contributed by atoms with Crippen LogP contribution in [0.25, 0.3) is 0 Å². The maximum atomic E-state index is 13.0. The van der Waals surface area contributed by atoms with E-state index in [0.29, 0.717) is 25.4 Å². The second kappa shape index (κ2) is 6.25. The molecule has 1 aromatic carbocycles. The van der Waals surface area contributed by atoms with Gasteiger partial charge < -0.3 is 14.4 Å². The standard InChI is InChI=1S/C22H25N3O2/c1-15-5-2-3-6-17(15)11-21(26)23-13-19-20(14-23)25(12-16-8-9-16)22(27)18-7-4-10-24(18)19/h2-7,10,16,19-20H,8-9,11-14H2,1H3/t19-,20+/m0/s1. The molecule has 27 heavy (non-hydrogen) atoms. The van der Waals surface area contributed by atoms with Gasteiger partial charge in [0.25, 0.3) is 5.91 Å². The van der Waals surface area contributed by atoms with Gasteiger partial charge in [-0.3, -0.25) is 9.59 Å². The summed E-state index contributed by atoms with van der Waals surface area (Å²) < 4.78 is 2.09. The topological polar surface area (TPSA) is 45.6 Å². The van der Waals surface area contributed by atoms with Gasteiger partial charge in [-0.05, 0) is 48.9 Å². The molecule has 3 aliphatic rings. The van der Waals surface area contributed by atoms with Crippen LogP contribution in [0.15, 0.2) is 42.6 Å². The number of amides is 2. The fourth-order valence-corrected chi connectivity index (χ4v) is 4.59. The molecule has 2 atom stereocenters. The number of benzene rings is 1. The highest BCUT2D eigenvalue weighted by Gasteiger charge is 2.47. The van der Waals surface area contributed by atoms with E-state index in [4.69, 9.17) is 0 Å². The number of likely N-dealkylation sites (tertiary alicyclic amines) is 1. The zero-order valence-corrected chi connectivity index (χ0v) is 15.7.